The second-order valence-corrected chi connectivity index (χ2v) is 8.76. The van der Waals surface area contributed by atoms with Gasteiger partial charge in [-0.05, 0) is 48.6 Å². The van der Waals surface area contributed by atoms with E-state index in [9.17, 15) is 9.59 Å². The first-order valence-electron chi connectivity index (χ1n) is 10.4. The van der Waals surface area contributed by atoms with E-state index in [0.29, 0.717) is 17.2 Å². The summed E-state index contributed by atoms with van der Waals surface area (Å²) >= 11 is 1.44. The third-order valence-corrected chi connectivity index (χ3v) is 6.59. The molecule has 0 bridgehead atoms. The number of fused-ring (bicyclic) bond motifs is 1. The molecule has 1 aromatic heterocycles. The number of nitrogens with two attached hydrogens (primary N) is 1. The summed E-state index contributed by atoms with van der Waals surface area (Å²) in [5.74, 6) is -0.334. The summed E-state index contributed by atoms with van der Waals surface area (Å²) in [6.07, 6.45) is 5.19. The molecule has 1 unspecified atom stereocenters. The van der Waals surface area contributed by atoms with Crippen LogP contribution in [0.4, 0.5) is 5.13 Å². The van der Waals surface area contributed by atoms with Gasteiger partial charge in [0.05, 0.1) is 10.2 Å². The Hall–Kier alpha value is -2.77. The van der Waals surface area contributed by atoms with Crippen LogP contribution in [0.25, 0.3) is 10.2 Å². The fourth-order valence-electron chi connectivity index (χ4n) is 4.04. The maximum atomic E-state index is 13.2. The van der Waals surface area contributed by atoms with Gasteiger partial charge in [0.2, 0.25) is 5.91 Å². The van der Waals surface area contributed by atoms with Crippen molar-refractivity contribution in [2.75, 3.05) is 5.32 Å². The molecule has 1 heterocycles. The van der Waals surface area contributed by atoms with Crippen LogP contribution in [0.2, 0.25) is 0 Å². The average Bonchev–Trinajstić information content (AvgIpc) is 3.20. The van der Waals surface area contributed by atoms with E-state index in [0.717, 1.165) is 41.5 Å². The van der Waals surface area contributed by atoms with Crippen LogP contribution in [0.3, 0.4) is 0 Å². The lowest BCUT2D eigenvalue weighted by Crippen LogP contribution is -2.49. The van der Waals surface area contributed by atoms with Gasteiger partial charge in [0.15, 0.2) is 5.13 Å². The Bertz CT molecular complexity index is 1010. The molecule has 0 aliphatic heterocycles. The highest BCUT2D eigenvalue weighted by atomic mass is 32.1. The summed E-state index contributed by atoms with van der Waals surface area (Å²) in [4.78, 5) is 30.6. The van der Waals surface area contributed by atoms with E-state index >= 15 is 0 Å². The molecule has 30 heavy (non-hydrogen) atoms. The number of rotatable bonds is 6. The van der Waals surface area contributed by atoms with Gasteiger partial charge in [-0.25, -0.2) is 4.98 Å². The largest absolute Gasteiger partial charge is 0.340 e. The van der Waals surface area contributed by atoms with Gasteiger partial charge in [-0.2, -0.15) is 0 Å². The minimum atomic E-state index is -0.591. The molecule has 6 nitrogen and oxygen atoms in total. The molecule has 1 atom stereocenters. The van der Waals surface area contributed by atoms with Crippen molar-refractivity contribution >= 4 is 38.5 Å². The van der Waals surface area contributed by atoms with Crippen LogP contribution >= 0.6 is 11.3 Å². The topological polar surface area (TPSA) is 97.1 Å². The van der Waals surface area contributed by atoms with Crippen LogP contribution in [0, 0.1) is 5.92 Å². The van der Waals surface area contributed by atoms with Crippen LogP contribution in [0.15, 0.2) is 48.5 Å². The Morgan fingerprint density at radius 2 is 1.90 bits per heavy atom. The van der Waals surface area contributed by atoms with Gasteiger partial charge in [-0.15, -0.1) is 0 Å². The number of hydrogen-bond donors (Lipinski definition) is 3. The fraction of sp³-hybridized carbons (Fsp3) is 0.348. The number of benzene rings is 2. The van der Waals surface area contributed by atoms with E-state index < -0.39 is 6.04 Å². The zero-order valence-corrected chi connectivity index (χ0v) is 17.6. The van der Waals surface area contributed by atoms with E-state index in [1.54, 1.807) is 12.1 Å². The molecule has 1 aliphatic carbocycles. The first-order valence-corrected chi connectivity index (χ1v) is 11.2. The predicted octanol–water partition coefficient (Wildman–Crippen LogP) is 4.07. The minimum Gasteiger partial charge on any atom is -0.340 e. The first kappa shape index (κ1) is 20.5. The van der Waals surface area contributed by atoms with Crippen molar-refractivity contribution in [3.8, 4) is 0 Å². The number of hydrogen-bond acceptors (Lipinski definition) is 5. The molecular formula is C23H26N4O2S. The summed E-state index contributed by atoms with van der Waals surface area (Å²) in [6.45, 7) is 0.366. The van der Waals surface area contributed by atoms with Gasteiger partial charge in [0.1, 0.15) is 6.04 Å². The molecule has 2 aromatic carbocycles. The third kappa shape index (κ3) is 4.68. The molecule has 2 amide bonds. The van der Waals surface area contributed by atoms with Gasteiger partial charge < -0.3 is 16.4 Å². The van der Waals surface area contributed by atoms with Crippen molar-refractivity contribution in [2.24, 2.45) is 11.7 Å². The van der Waals surface area contributed by atoms with Crippen molar-refractivity contribution in [3.05, 3.63) is 59.7 Å². The second-order valence-electron chi connectivity index (χ2n) is 7.73. The number of thiazole rings is 1. The Balaban J connectivity index is 1.53. The number of anilines is 1. The zero-order chi connectivity index (χ0) is 20.9. The number of aromatic nitrogens is 1. The molecule has 0 spiro atoms. The van der Waals surface area contributed by atoms with E-state index in [1.165, 1.54) is 17.8 Å². The Morgan fingerprint density at radius 1 is 1.10 bits per heavy atom. The molecular weight excluding hydrogens is 396 g/mol. The number of carbonyl (C=O) groups excluding carboxylic acids is 2. The van der Waals surface area contributed by atoms with Crippen molar-refractivity contribution in [3.63, 3.8) is 0 Å². The quantitative estimate of drug-likeness (QED) is 0.558. The molecule has 156 valence electrons. The minimum absolute atomic E-state index is 0.120. The number of amides is 2. The highest BCUT2D eigenvalue weighted by molar-refractivity contribution is 7.22. The van der Waals surface area contributed by atoms with Crippen LogP contribution in [0.5, 0.6) is 0 Å². The predicted molar refractivity (Wildman–Crippen MR) is 120 cm³/mol. The Kier molecular flexibility index (Phi) is 6.40. The molecule has 4 N–H and O–H groups in total. The van der Waals surface area contributed by atoms with Crippen LogP contribution in [-0.4, -0.2) is 22.8 Å². The van der Waals surface area contributed by atoms with Crippen molar-refractivity contribution in [1.82, 2.24) is 10.3 Å². The maximum Gasteiger partial charge on any atom is 0.251 e. The van der Waals surface area contributed by atoms with Crippen molar-refractivity contribution in [2.45, 2.75) is 44.7 Å². The van der Waals surface area contributed by atoms with E-state index in [-0.39, 0.29) is 17.7 Å². The summed E-state index contributed by atoms with van der Waals surface area (Å²) in [5.41, 5.74) is 7.96. The fourth-order valence-corrected chi connectivity index (χ4v) is 4.91. The van der Waals surface area contributed by atoms with Gasteiger partial charge in [0, 0.05) is 12.1 Å². The van der Waals surface area contributed by atoms with Gasteiger partial charge in [-0.3, -0.25) is 9.59 Å². The smallest absolute Gasteiger partial charge is 0.251 e. The number of nitrogens with zero attached hydrogens (tertiary/aromatic N) is 1. The third-order valence-electron chi connectivity index (χ3n) is 5.64. The molecule has 1 fully saturated rings. The number of para-hydroxylation sites is 1. The monoisotopic (exact) mass is 422 g/mol. The first-order chi connectivity index (χ1) is 14.6. The normalized spacial score (nSPS) is 15.6. The lowest BCUT2D eigenvalue weighted by molar-refractivity contribution is -0.119. The highest BCUT2D eigenvalue weighted by Crippen LogP contribution is 2.29. The van der Waals surface area contributed by atoms with Crippen molar-refractivity contribution < 1.29 is 9.59 Å². The molecule has 3 aromatic rings. The number of nitrogens with one attached hydrogen (secondary N) is 2. The highest BCUT2D eigenvalue weighted by Gasteiger charge is 2.31. The maximum absolute atomic E-state index is 13.2. The zero-order valence-electron chi connectivity index (χ0n) is 16.8. The van der Waals surface area contributed by atoms with Crippen molar-refractivity contribution in [1.29, 1.82) is 0 Å². The lowest BCUT2D eigenvalue weighted by atomic mass is 9.83. The van der Waals surface area contributed by atoms with Gasteiger partial charge in [-0.1, -0.05) is 54.9 Å². The molecule has 7 heteroatoms. The standard InChI is InChI=1S/C23H26N4O2S/c24-14-15-7-6-10-17(13-15)21(28)26-20(16-8-2-1-3-9-16)22(29)27-23-25-18-11-4-5-12-19(18)30-23/h4-7,10-13,16,20H,1-3,8-9,14,24H2,(H,26,28)(H,25,27,29). The van der Waals surface area contributed by atoms with Crippen LogP contribution in [0.1, 0.15) is 48.0 Å². The summed E-state index contributed by atoms with van der Waals surface area (Å²) < 4.78 is 1.02. The molecule has 1 saturated carbocycles. The Morgan fingerprint density at radius 3 is 2.67 bits per heavy atom. The molecule has 0 radical (unpaired) electrons. The summed E-state index contributed by atoms with van der Waals surface area (Å²) in [6, 6.07) is 14.4. The summed E-state index contributed by atoms with van der Waals surface area (Å²) in [7, 11) is 0. The lowest BCUT2D eigenvalue weighted by Gasteiger charge is -2.29. The summed E-state index contributed by atoms with van der Waals surface area (Å²) in [5, 5.41) is 6.49. The van der Waals surface area contributed by atoms with E-state index in [1.807, 2.05) is 36.4 Å². The van der Waals surface area contributed by atoms with E-state index in [4.69, 9.17) is 5.73 Å². The number of carbonyl (C=O) groups is 2. The second kappa shape index (κ2) is 9.36. The van der Waals surface area contributed by atoms with Crippen LogP contribution in [-0.2, 0) is 11.3 Å². The van der Waals surface area contributed by atoms with E-state index in [2.05, 4.69) is 15.6 Å². The molecule has 4 rings (SSSR count). The van der Waals surface area contributed by atoms with Crippen LogP contribution < -0.4 is 16.4 Å². The average molecular weight is 423 g/mol. The SMILES string of the molecule is NCc1cccc(C(=O)NC(C(=O)Nc2nc3ccccc3s2)C2CCCCC2)c1. The Labute approximate surface area is 179 Å². The van der Waals surface area contributed by atoms with Gasteiger partial charge in [0.25, 0.3) is 5.91 Å². The molecule has 0 saturated heterocycles. The van der Waals surface area contributed by atoms with Gasteiger partial charge >= 0.3 is 0 Å². The molecule has 1 aliphatic rings.